The zero-order valence-electron chi connectivity index (χ0n) is 14.2. The van der Waals surface area contributed by atoms with Crippen LogP contribution in [0.15, 0.2) is 70.4 Å². The lowest BCUT2D eigenvalue weighted by Gasteiger charge is -2.25. The molecule has 0 amide bonds. The first kappa shape index (κ1) is 16.0. The Kier molecular flexibility index (Phi) is 4.10. The smallest absolute Gasteiger partial charge is 0.149 e. The molecule has 0 aliphatic carbocycles. The van der Waals surface area contributed by atoms with Crippen LogP contribution in [0.1, 0.15) is 34.9 Å². The molecule has 1 aliphatic rings. The second-order valence-corrected chi connectivity index (χ2v) is 6.87. The van der Waals surface area contributed by atoms with E-state index in [1.807, 2.05) is 24.3 Å². The molecule has 1 unspecified atom stereocenters. The van der Waals surface area contributed by atoms with Crippen LogP contribution >= 0.6 is 11.6 Å². The molecule has 126 valence electrons. The van der Waals surface area contributed by atoms with Gasteiger partial charge in [-0.3, -0.25) is 5.01 Å². The van der Waals surface area contributed by atoms with Crippen molar-refractivity contribution in [1.29, 1.82) is 0 Å². The maximum Gasteiger partial charge on any atom is 0.149 e. The normalized spacial score (nSPS) is 17.0. The molecule has 25 heavy (non-hydrogen) atoms. The average Bonchev–Trinajstić information content (AvgIpc) is 3.25. The maximum absolute atomic E-state index is 6.07. The summed E-state index contributed by atoms with van der Waals surface area (Å²) in [5.74, 6) is 0.825. The fraction of sp³-hybridized carbons (Fsp3) is 0.190. The summed E-state index contributed by atoms with van der Waals surface area (Å²) in [7, 11) is 0. The quantitative estimate of drug-likeness (QED) is 0.587. The number of rotatable bonds is 3. The molecular formula is C21H19ClN2O. The summed E-state index contributed by atoms with van der Waals surface area (Å²) in [4.78, 5) is 0. The summed E-state index contributed by atoms with van der Waals surface area (Å²) in [6.07, 6.45) is 2.48. The van der Waals surface area contributed by atoms with Crippen molar-refractivity contribution in [2.24, 2.45) is 5.10 Å². The van der Waals surface area contributed by atoms with Crippen LogP contribution < -0.4 is 5.01 Å². The van der Waals surface area contributed by atoms with Crippen LogP contribution in [0.3, 0.4) is 0 Å². The number of hydrogen-bond acceptors (Lipinski definition) is 3. The van der Waals surface area contributed by atoms with Gasteiger partial charge in [0.05, 0.1) is 18.0 Å². The number of furan rings is 1. The number of aryl methyl sites for hydroxylation is 2. The van der Waals surface area contributed by atoms with Crippen LogP contribution in [0.25, 0.3) is 0 Å². The van der Waals surface area contributed by atoms with E-state index in [2.05, 4.69) is 49.2 Å². The van der Waals surface area contributed by atoms with E-state index in [4.69, 9.17) is 21.1 Å². The van der Waals surface area contributed by atoms with Gasteiger partial charge in [0.1, 0.15) is 11.5 Å². The molecule has 3 nitrogen and oxygen atoms in total. The van der Waals surface area contributed by atoms with Crippen molar-refractivity contribution < 1.29 is 4.42 Å². The number of hydrogen-bond donors (Lipinski definition) is 0. The Morgan fingerprint density at radius 2 is 1.88 bits per heavy atom. The zero-order chi connectivity index (χ0) is 17.4. The SMILES string of the molecule is Cc1ccc(N2N=C(c3ccco3)CC2c2ccc(Cl)cc2)c(C)c1. The van der Waals surface area contributed by atoms with Gasteiger partial charge in [-0.1, -0.05) is 41.4 Å². The van der Waals surface area contributed by atoms with Crippen LogP contribution in [0.5, 0.6) is 0 Å². The predicted octanol–water partition coefficient (Wildman–Crippen LogP) is 5.91. The van der Waals surface area contributed by atoms with E-state index < -0.39 is 0 Å². The van der Waals surface area contributed by atoms with Gasteiger partial charge in [-0.2, -0.15) is 5.10 Å². The van der Waals surface area contributed by atoms with E-state index in [0.29, 0.717) is 0 Å². The molecule has 0 spiro atoms. The Bertz CT molecular complexity index is 914. The van der Waals surface area contributed by atoms with Crippen molar-refractivity contribution in [3.63, 3.8) is 0 Å². The highest BCUT2D eigenvalue weighted by molar-refractivity contribution is 6.30. The van der Waals surface area contributed by atoms with Gasteiger partial charge < -0.3 is 4.42 Å². The second kappa shape index (κ2) is 6.41. The van der Waals surface area contributed by atoms with Crippen molar-refractivity contribution >= 4 is 23.0 Å². The molecule has 2 heterocycles. The van der Waals surface area contributed by atoms with Crippen molar-refractivity contribution in [2.45, 2.75) is 26.3 Å². The lowest BCUT2D eigenvalue weighted by molar-refractivity contribution is 0.556. The molecule has 0 fully saturated rings. The molecule has 1 aliphatic heterocycles. The third-order valence-electron chi connectivity index (χ3n) is 4.57. The van der Waals surface area contributed by atoms with E-state index in [0.717, 1.165) is 28.6 Å². The van der Waals surface area contributed by atoms with E-state index in [1.165, 1.54) is 16.7 Å². The first-order valence-electron chi connectivity index (χ1n) is 8.35. The molecule has 2 aromatic carbocycles. The third kappa shape index (κ3) is 3.08. The summed E-state index contributed by atoms with van der Waals surface area (Å²) in [5.41, 5.74) is 5.73. The molecule has 0 bridgehead atoms. The summed E-state index contributed by atoms with van der Waals surface area (Å²) in [6.45, 7) is 4.23. The zero-order valence-corrected chi connectivity index (χ0v) is 15.0. The number of anilines is 1. The number of benzene rings is 2. The van der Waals surface area contributed by atoms with Gasteiger partial charge in [-0.05, 0) is 55.3 Å². The average molecular weight is 351 g/mol. The molecule has 0 radical (unpaired) electrons. The van der Waals surface area contributed by atoms with Crippen molar-refractivity contribution in [3.8, 4) is 0 Å². The molecule has 0 saturated carbocycles. The van der Waals surface area contributed by atoms with Gasteiger partial charge in [-0.25, -0.2) is 0 Å². The molecule has 3 aromatic rings. The minimum atomic E-state index is 0.124. The summed E-state index contributed by atoms with van der Waals surface area (Å²) >= 11 is 6.07. The van der Waals surface area contributed by atoms with Gasteiger partial charge in [0.15, 0.2) is 0 Å². The predicted molar refractivity (Wildman–Crippen MR) is 102 cm³/mol. The maximum atomic E-state index is 6.07. The molecule has 4 rings (SSSR count). The second-order valence-electron chi connectivity index (χ2n) is 6.43. The third-order valence-corrected chi connectivity index (χ3v) is 4.82. The molecule has 1 aromatic heterocycles. The topological polar surface area (TPSA) is 28.7 Å². The monoisotopic (exact) mass is 350 g/mol. The first-order valence-corrected chi connectivity index (χ1v) is 8.73. The molecule has 4 heteroatoms. The van der Waals surface area contributed by atoms with E-state index >= 15 is 0 Å². The highest BCUT2D eigenvalue weighted by atomic mass is 35.5. The molecule has 0 saturated heterocycles. The Balaban J connectivity index is 1.78. The van der Waals surface area contributed by atoms with Gasteiger partial charge in [0, 0.05) is 11.4 Å². The first-order chi connectivity index (χ1) is 12.1. The summed E-state index contributed by atoms with van der Waals surface area (Å²) in [5, 5.41) is 7.74. The Hall–Kier alpha value is -2.52. The Morgan fingerprint density at radius 1 is 1.08 bits per heavy atom. The standard InChI is InChI=1S/C21H19ClN2O/c1-14-5-10-19(15(2)12-14)24-20(16-6-8-17(22)9-7-16)13-18(23-24)21-4-3-11-25-21/h3-12,20H,13H2,1-2H3. The van der Waals surface area contributed by atoms with E-state index in [9.17, 15) is 0 Å². The number of halogens is 1. The van der Waals surface area contributed by atoms with Gasteiger partial charge in [-0.15, -0.1) is 0 Å². The van der Waals surface area contributed by atoms with Gasteiger partial charge >= 0.3 is 0 Å². The molecule has 0 N–H and O–H groups in total. The fourth-order valence-electron chi connectivity index (χ4n) is 3.33. The van der Waals surface area contributed by atoms with Crippen molar-refractivity contribution in [2.75, 3.05) is 5.01 Å². The Labute approximate surface area is 152 Å². The van der Waals surface area contributed by atoms with Crippen molar-refractivity contribution in [1.82, 2.24) is 0 Å². The summed E-state index contributed by atoms with van der Waals surface area (Å²) in [6, 6.07) is 18.5. The van der Waals surface area contributed by atoms with Crippen LogP contribution in [0, 0.1) is 13.8 Å². The summed E-state index contributed by atoms with van der Waals surface area (Å²) < 4.78 is 5.58. The number of hydrazone groups is 1. The highest BCUT2D eigenvalue weighted by Crippen LogP contribution is 2.38. The lowest BCUT2D eigenvalue weighted by Crippen LogP contribution is -2.19. The van der Waals surface area contributed by atoms with Crippen molar-refractivity contribution in [3.05, 3.63) is 88.3 Å². The molecule has 1 atom stereocenters. The van der Waals surface area contributed by atoms with E-state index in [1.54, 1.807) is 6.26 Å². The molecular weight excluding hydrogens is 332 g/mol. The van der Waals surface area contributed by atoms with Crippen LogP contribution in [-0.4, -0.2) is 5.71 Å². The van der Waals surface area contributed by atoms with Crippen LogP contribution in [0.4, 0.5) is 5.69 Å². The van der Waals surface area contributed by atoms with Gasteiger partial charge in [0.25, 0.3) is 0 Å². The lowest BCUT2D eigenvalue weighted by atomic mass is 10.00. The van der Waals surface area contributed by atoms with Crippen LogP contribution in [-0.2, 0) is 0 Å². The number of nitrogens with zero attached hydrogens (tertiary/aromatic N) is 2. The van der Waals surface area contributed by atoms with Gasteiger partial charge in [0.2, 0.25) is 0 Å². The largest absolute Gasteiger partial charge is 0.463 e. The minimum Gasteiger partial charge on any atom is -0.463 e. The fourth-order valence-corrected chi connectivity index (χ4v) is 3.46. The minimum absolute atomic E-state index is 0.124. The van der Waals surface area contributed by atoms with Crippen LogP contribution in [0.2, 0.25) is 5.02 Å². The highest BCUT2D eigenvalue weighted by Gasteiger charge is 2.31. The Morgan fingerprint density at radius 3 is 2.56 bits per heavy atom. The van der Waals surface area contributed by atoms with E-state index in [-0.39, 0.29) is 6.04 Å².